The molecule has 1 amide bonds. The van der Waals surface area contributed by atoms with Crippen molar-refractivity contribution in [3.8, 4) is 11.5 Å². The third-order valence-electron chi connectivity index (χ3n) is 2.92. The Kier molecular flexibility index (Phi) is 6.27. The first-order valence-electron chi connectivity index (χ1n) is 6.36. The summed E-state index contributed by atoms with van der Waals surface area (Å²) in [6.07, 6.45) is 0. The fraction of sp³-hybridized carbons (Fsp3) is 0.500. The van der Waals surface area contributed by atoms with Gasteiger partial charge >= 0.3 is 0 Å². The summed E-state index contributed by atoms with van der Waals surface area (Å²) in [6.45, 7) is 2.57. The lowest BCUT2D eigenvalue weighted by Crippen LogP contribution is -2.46. The molecule has 0 spiro atoms. The van der Waals surface area contributed by atoms with Crippen molar-refractivity contribution in [2.24, 2.45) is 5.73 Å². The molecule has 0 saturated heterocycles. The molecular weight excluding hydrogens is 260 g/mol. The molecule has 1 aromatic carbocycles. The van der Waals surface area contributed by atoms with Gasteiger partial charge in [0.1, 0.15) is 6.04 Å². The second-order valence-electron chi connectivity index (χ2n) is 4.18. The van der Waals surface area contributed by atoms with Gasteiger partial charge in [-0.1, -0.05) is 0 Å². The van der Waals surface area contributed by atoms with E-state index in [2.05, 4.69) is 0 Å². The highest BCUT2D eigenvalue weighted by Crippen LogP contribution is 2.31. The van der Waals surface area contributed by atoms with E-state index in [4.69, 9.17) is 19.9 Å². The molecule has 1 aromatic rings. The molecule has 0 saturated carbocycles. The van der Waals surface area contributed by atoms with Crippen LogP contribution in [0.1, 0.15) is 6.92 Å². The topological polar surface area (TPSA) is 74.0 Å². The zero-order valence-electron chi connectivity index (χ0n) is 12.4. The third-order valence-corrected chi connectivity index (χ3v) is 2.92. The Morgan fingerprint density at radius 1 is 1.25 bits per heavy atom. The van der Waals surface area contributed by atoms with E-state index in [0.717, 1.165) is 0 Å². The molecule has 0 fully saturated rings. The van der Waals surface area contributed by atoms with E-state index in [-0.39, 0.29) is 12.5 Å². The Hall–Kier alpha value is -1.79. The van der Waals surface area contributed by atoms with E-state index >= 15 is 0 Å². The molecule has 1 unspecified atom stereocenters. The van der Waals surface area contributed by atoms with Crippen molar-refractivity contribution in [2.45, 2.75) is 13.0 Å². The van der Waals surface area contributed by atoms with E-state index in [9.17, 15) is 4.79 Å². The van der Waals surface area contributed by atoms with Gasteiger partial charge in [-0.2, -0.15) is 0 Å². The highest BCUT2D eigenvalue weighted by Gasteiger charge is 2.22. The van der Waals surface area contributed by atoms with Crippen LogP contribution in [0.5, 0.6) is 11.5 Å². The maximum atomic E-state index is 12.3. The van der Waals surface area contributed by atoms with Crippen LogP contribution in [0.25, 0.3) is 0 Å². The average Bonchev–Trinajstić information content (AvgIpc) is 2.47. The average molecular weight is 282 g/mol. The molecule has 6 heteroatoms. The highest BCUT2D eigenvalue weighted by atomic mass is 16.5. The smallest absolute Gasteiger partial charge is 0.246 e. The molecule has 112 valence electrons. The molecule has 0 aliphatic heterocycles. The molecular formula is C14H22N2O4. The first-order chi connectivity index (χ1) is 9.58. The highest BCUT2D eigenvalue weighted by molar-refractivity contribution is 5.97. The van der Waals surface area contributed by atoms with Crippen LogP contribution in [-0.2, 0) is 9.53 Å². The number of rotatable bonds is 7. The summed E-state index contributed by atoms with van der Waals surface area (Å²) in [6, 6.07) is 4.61. The van der Waals surface area contributed by atoms with Gasteiger partial charge in [-0.25, -0.2) is 0 Å². The molecule has 1 atom stereocenters. The maximum Gasteiger partial charge on any atom is 0.246 e. The predicted molar refractivity (Wildman–Crippen MR) is 77.4 cm³/mol. The van der Waals surface area contributed by atoms with E-state index < -0.39 is 6.04 Å². The van der Waals surface area contributed by atoms with Crippen molar-refractivity contribution in [1.82, 2.24) is 0 Å². The first kappa shape index (κ1) is 16.3. The van der Waals surface area contributed by atoms with Crippen LogP contribution in [-0.4, -0.2) is 46.4 Å². The third kappa shape index (κ3) is 3.61. The monoisotopic (exact) mass is 282 g/mol. The molecule has 6 nitrogen and oxygen atoms in total. The minimum Gasteiger partial charge on any atom is -0.493 e. The standard InChI is InChI=1S/C14H22N2O4/c1-5-16(14(17)11(15)9-18-2)10-6-7-12(19-3)13(8-10)20-4/h6-8,11H,5,9,15H2,1-4H3. The van der Waals surface area contributed by atoms with Gasteiger partial charge in [0.05, 0.1) is 20.8 Å². The maximum absolute atomic E-state index is 12.3. The summed E-state index contributed by atoms with van der Waals surface area (Å²) in [5.41, 5.74) is 6.51. The lowest BCUT2D eigenvalue weighted by Gasteiger charge is -2.25. The molecule has 0 bridgehead atoms. The van der Waals surface area contributed by atoms with Crippen LogP contribution in [0.2, 0.25) is 0 Å². The van der Waals surface area contributed by atoms with E-state index in [1.807, 2.05) is 6.92 Å². The van der Waals surface area contributed by atoms with Gasteiger partial charge in [-0.3, -0.25) is 4.79 Å². The quantitative estimate of drug-likeness (QED) is 0.808. The van der Waals surface area contributed by atoms with E-state index in [0.29, 0.717) is 23.7 Å². The number of ether oxygens (including phenoxy) is 3. The first-order valence-corrected chi connectivity index (χ1v) is 6.36. The van der Waals surface area contributed by atoms with Crippen LogP contribution in [0.4, 0.5) is 5.69 Å². The lowest BCUT2D eigenvalue weighted by molar-refractivity contribution is -0.120. The van der Waals surface area contributed by atoms with Crippen LogP contribution in [0.3, 0.4) is 0 Å². The van der Waals surface area contributed by atoms with Gasteiger partial charge in [-0.05, 0) is 19.1 Å². The Labute approximate surface area is 119 Å². The minimum absolute atomic E-state index is 0.183. The fourth-order valence-corrected chi connectivity index (χ4v) is 1.91. The van der Waals surface area contributed by atoms with Crippen LogP contribution in [0, 0.1) is 0 Å². The number of carbonyl (C=O) groups excluding carboxylic acids is 1. The molecule has 0 aliphatic carbocycles. The van der Waals surface area contributed by atoms with Crippen LogP contribution >= 0.6 is 0 Å². The zero-order valence-corrected chi connectivity index (χ0v) is 12.4. The molecule has 0 heterocycles. The molecule has 0 aliphatic rings. The number of anilines is 1. The van der Waals surface area contributed by atoms with Gasteiger partial charge in [0, 0.05) is 25.4 Å². The number of carbonyl (C=O) groups is 1. The Morgan fingerprint density at radius 2 is 1.90 bits per heavy atom. The summed E-state index contributed by atoms with van der Waals surface area (Å²) in [7, 11) is 4.63. The molecule has 0 radical (unpaired) electrons. The number of likely N-dealkylation sites (N-methyl/N-ethyl adjacent to an activating group) is 1. The Balaban J connectivity index is 3.03. The number of hydrogen-bond donors (Lipinski definition) is 1. The largest absolute Gasteiger partial charge is 0.493 e. The molecule has 2 N–H and O–H groups in total. The van der Waals surface area contributed by atoms with E-state index in [1.165, 1.54) is 7.11 Å². The lowest BCUT2D eigenvalue weighted by atomic mass is 10.2. The van der Waals surface area contributed by atoms with Crippen molar-refractivity contribution >= 4 is 11.6 Å². The van der Waals surface area contributed by atoms with Gasteiger partial charge in [-0.15, -0.1) is 0 Å². The number of benzene rings is 1. The number of nitrogens with zero attached hydrogens (tertiary/aromatic N) is 1. The summed E-state index contributed by atoms with van der Waals surface area (Å²) in [4.78, 5) is 13.9. The number of amides is 1. The Morgan fingerprint density at radius 3 is 2.40 bits per heavy atom. The van der Waals surface area contributed by atoms with Crippen LogP contribution < -0.4 is 20.1 Å². The van der Waals surface area contributed by atoms with Crippen molar-refractivity contribution in [2.75, 3.05) is 39.4 Å². The van der Waals surface area contributed by atoms with Gasteiger partial charge in [0.25, 0.3) is 0 Å². The summed E-state index contributed by atoms with van der Waals surface area (Å²) >= 11 is 0. The second kappa shape index (κ2) is 7.72. The normalized spacial score (nSPS) is 11.8. The minimum atomic E-state index is -0.687. The zero-order chi connectivity index (χ0) is 15.1. The summed E-state index contributed by atoms with van der Waals surface area (Å²) in [5.74, 6) is 0.985. The van der Waals surface area contributed by atoms with Crippen molar-refractivity contribution in [3.05, 3.63) is 18.2 Å². The number of methoxy groups -OCH3 is 3. The number of nitrogens with two attached hydrogens (primary N) is 1. The second-order valence-corrected chi connectivity index (χ2v) is 4.18. The van der Waals surface area contributed by atoms with Crippen molar-refractivity contribution in [3.63, 3.8) is 0 Å². The van der Waals surface area contributed by atoms with Crippen molar-refractivity contribution < 1.29 is 19.0 Å². The predicted octanol–water partition coefficient (Wildman–Crippen LogP) is 1.03. The Bertz CT molecular complexity index is 451. The molecule has 1 rings (SSSR count). The van der Waals surface area contributed by atoms with Gasteiger partial charge < -0.3 is 24.8 Å². The number of hydrogen-bond acceptors (Lipinski definition) is 5. The van der Waals surface area contributed by atoms with Gasteiger partial charge in [0.2, 0.25) is 5.91 Å². The molecule has 0 aromatic heterocycles. The summed E-state index contributed by atoms with van der Waals surface area (Å²) in [5, 5.41) is 0. The summed E-state index contributed by atoms with van der Waals surface area (Å²) < 4.78 is 15.3. The van der Waals surface area contributed by atoms with Gasteiger partial charge in [0.15, 0.2) is 11.5 Å². The molecule has 20 heavy (non-hydrogen) atoms. The van der Waals surface area contributed by atoms with Crippen molar-refractivity contribution in [1.29, 1.82) is 0 Å². The SMILES string of the molecule is CCN(C(=O)C(N)COC)c1ccc(OC)c(OC)c1. The van der Waals surface area contributed by atoms with Crippen LogP contribution in [0.15, 0.2) is 18.2 Å². The van der Waals surface area contributed by atoms with E-state index in [1.54, 1.807) is 37.3 Å². The fourth-order valence-electron chi connectivity index (χ4n) is 1.91.